The van der Waals surface area contributed by atoms with Gasteiger partial charge in [0, 0.05) is 17.7 Å². The number of hydrogen-bond donors (Lipinski definition) is 1. The van der Waals surface area contributed by atoms with Gasteiger partial charge >= 0.3 is 0 Å². The second-order valence-corrected chi connectivity index (χ2v) is 6.25. The molecule has 1 aromatic heterocycles. The highest BCUT2D eigenvalue weighted by molar-refractivity contribution is 7.71. The lowest BCUT2D eigenvalue weighted by molar-refractivity contribution is 0.227. The Hall–Kier alpha value is -1.68. The normalized spacial score (nSPS) is 20.3. The van der Waals surface area contributed by atoms with E-state index in [4.69, 9.17) is 17.0 Å². The number of H-pyrrole nitrogens is 1. The summed E-state index contributed by atoms with van der Waals surface area (Å²) in [5.41, 5.74) is 3.78. The molecule has 0 fully saturated rings. The number of nitrogens with zero attached hydrogens (tertiary/aromatic N) is 1. The fourth-order valence-electron chi connectivity index (χ4n) is 3.30. The van der Waals surface area contributed by atoms with E-state index >= 15 is 0 Å². The van der Waals surface area contributed by atoms with E-state index in [1.807, 2.05) is 12.1 Å². The minimum Gasteiger partial charge on any atom is -0.482 e. The highest BCUT2D eigenvalue weighted by Crippen LogP contribution is 2.35. The molecule has 1 aliphatic heterocycles. The highest BCUT2D eigenvalue weighted by atomic mass is 32.1. The predicted molar refractivity (Wildman–Crippen MR) is 84.2 cm³/mol. The number of para-hydroxylation sites is 1. The lowest BCUT2D eigenvalue weighted by Gasteiger charge is -2.14. The summed E-state index contributed by atoms with van der Waals surface area (Å²) in [7, 11) is 0. The van der Waals surface area contributed by atoms with Crippen LogP contribution in [-0.2, 0) is 19.3 Å². The molecular formula is C17H18N2OS. The lowest BCUT2D eigenvalue weighted by Crippen LogP contribution is -2.12. The van der Waals surface area contributed by atoms with Crippen LogP contribution >= 0.6 is 12.2 Å². The third kappa shape index (κ3) is 2.38. The zero-order valence-electron chi connectivity index (χ0n) is 11.9. The van der Waals surface area contributed by atoms with Gasteiger partial charge in [0.25, 0.3) is 0 Å². The Morgan fingerprint density at radius 3 is 2.90 bits per heavy atom. The quantitative estimate of drug-likeness (QED) is 0.636. The van der Waals surface area contributed by atoms with Crippen molar-refractivity contribution in [1.29, 1.82) is 0 Å². The van der Waals surface area contributed by atoms with E-state index in [1.165, 1.54) is 36.1 Å². The summed E-state index contributed by atoms with van der Waals surface area (Å²) in [6.07, 6.45) is 6.70. The predicted octanol–water partition coefficient (Wildman–Crippen LogP) is 4.08. The van der Waals surface area contributed by atoms with Crippen molar-refractivity contribution in [2.75, 3.05) is 0 Å². The van der Waals surface area contributed by atoms with Crippen LogP contribution in [0.1, 0.15) is 48.0 Å². The molecule has 0 amide bonds. The molecule has 2 aliphatic rings. The topological polar surface area (TPSA) is 37.9 Å². The third-order valence-electron chi connectivity index (χ3n) is 4.43. The summed E-state index contributed by atoms with van der Waals surface area (Å²) < 4.78 is 6.79. The smallest absolute Gasteiger partial charge is 0.160 e. The Balaban J connectivity index is 1.70. The average molecular weight is 298 g/mol. The van der Waals surface area contributed by atoms with Gasteiger partial charge in [-0.3, -0.25) is 0 Å². The Morgan fingerprint density at radius 1 is 1.14 bits per heavy atom. The molecule has 0 radical (unpaired) electrons. The van der Waals surface area contributed by atoms with Crippen LogP contribution in [0.2, 0.25) is 0 Å². The monoisotopic (exact) mass is 298 g/mol. The van der Waals surface area contributed by atoms with Gasteiger partial charge in [0.15, 0.2) is 6.10 Å². The zero-order valence-corrected chi connectivity index (χ0v) is 12.7. The molecule has 21 heavy (non-hydrogen) atoms. The number of benzene rings is 1. The summed E-state index contributed by atoms with van der Waals surface area (Å²) in [4.78, 5) is 8.15. The first-order valence-corrected chi connectivity index (χ1v) is 8.08. The van der Waals surface area contributed by atoms with Gasteiger partial charge in [0.05, 0.1) is 0 Å². The van der Waals surface area contributed by atoms with Gasteiger partial charge in [-0.2, -0.15) is 0 Å². The van der Waals surface area contributed by atoms with Crippen LogP contribution in [0.5, 0.6) is 5.75 Å². The fourth-order valence-corrected chi connectivity index (χ4v) is 3.63. The first-order valence-electron chi connectivity index (χ1n) is 7.68. The maximum atomic E-state index is 6.03. The Kier molecular flexibility index (Phi) is 3.26. The largest absolute Gasteiger partial charge is 0.482 e. The molecule has 1 atom stereocenters. The van der Waals surface area contributed by atoms with Crippen LogP contribution in [-0.4, -0.2) is 9.97 Å². The number of aromatic amines is 1. The standard InChI is InChI=1S/C17H18N2OS/c21-17-12-7-2-1-3-8-13(12)18-16(19-17)15-10-11-6-4-5-9-14(11)20-15/h4-6,9,15H,1-3,7-8,10H2,(H,18,19,21). The lowest BCUT2D eigenvalue weighted by atomic mass is 10.1. The van der Waals surface area contributed by atoms with E-state index in [0.29, 0.717) is 0 Å². The summed E-state index contributed by atoms with van der Waals surface area (Å²) in [6.45, 7) is 0. The van der Waals surface area contributed by atoms with Gasteiger partial charge in [-0.1, -0.05) is 36.8 Å². The molecule has 2 heterocycles. The Morgan fingerprint density at radius 2 is 2.00 bits per heavy atom. The summed E-state index contributed by atoms with van der Waals surface area (Å²) in [5, 5.41) is 0. The molecule has 108 valence electrons. The van der Waals surface area contributed by atoms with E-state index < -0.39 is 0 Å². The van der Waals surface area contributed by atoms with Crippen molar-refractivity contribution in [2.45, 2.75) is 44.6 Å². The van der Waals surface area contributed by atoms with Crippen LogP contribution in [0.3, 0.4) is 0 Å². The molecule has 3 nitrogen and oxygen atoms in total. The maximum absolute atomic E-state index is 6.03. The minimum absolute atomic E-state index is 0.0300. The zero-order chi connectivity index (χ0) is 14.2. The number of ether oxygens (including phenoxy) is 1. The molecule has 1 N–H and O–H groups in total. The molecule has 1 aromatic carbocycles. The fraction of sp³-hybridized carbons (Fsp3) is 0.412. The van der Waals surface area contributed by atoms with Crippen molar-refractivity contribution in [2.24, 2.45) is 0 Å². The Bertz CT molecular complexity index is 713. The molecule has 0 saturated carbocycles. The number of nitrogens with one attached hydrogen (secondary N) is 1. The van der Waals surface area contributed by atoms with Crippen LogP contribution in [0.25, 0.3) is 0 Å². The first kappa shape index (κ1) is 13.0. The average Bonchev–Trinajstić information content (AvgIpc) is 2.78. The number of aromatic nitrogens is 2. The van der Waals surface area contributed by atoms with E-state index in [1.54, 1.807) is 0 Å². The van der Waals surface area contributed by atoms with Crippen LogP contribution < -0.4 is 4.74 Å². The molecule has 0 bridgehead atoms. The van der Waals surface area contributed by atoms with Gasteiger partial charge < -0.3 is 9.72 Å². The number of rotatable bonds is 1. The summed E-state index contributed by atoms with van der Waals surface area (Å²) in [6, 6.07) is 8.20. The van der Waals surface area contributed by atoms with Gasteiger partial charge in [-0.15, -0.1) is 0 Å². The third-order valence-corrected chi connectivity index (χ3v) is 4.77. The minimum atomic E-state index is -0.0300. The Labute approximate surface area is 129 Å². The maximum Gasteiger partial charge on any atom is 0.160 e. The first-order chi connectivity index (χ1) is 10.3. The van der Waals surface area contributed by atoms with Crippen LogP contribution in [0.15, 0.2) is 24.3 Å². The van der Waals surface area contributed by atoms with E-state index in [9.17, 15) is 0 Å². The van der Waals surface area contributed by atoms with Crippen LogP contribution in [0.4, 0.5) is 0 Å². The van der Waals surface area contributed by atoms with Crippen LogP contribution in [0, 0.1) is 4.64 Å². The second-order valence-electron chi connectivity index (χ2n) is 5.86. The van der Waals surface area contributed by atoms with E-state index in [2.05, 4.69) is 22.1 Å². The van der Waals surface area contributed by atoms with E-state index in [-0.39, 0.29) is 6.10 Å². The molecule has 1 unspecified atom stereocenters. The molecule has 4 heteroatoms. The number of hydrogen-bond acceptors (Lipinski definition) is 3. The van der Waals surface area contributed by atoms with Gasteiger partial charge in [-0.25, -0.2) is 4.98 Å². The molecule has 4 rings (SSSR count). The summed E-state index contributed by atoms with van der Waals surface area (Å²) >= 11 is 5.52. The number of fused-ring (bicyclic) bond motifs is 2. The van der Waals surface area contributed by atoms with Crippen molar-refractivity contribution >= 4 is 12.2 Å². The molecular weight excluding hydrogens is 280 g/mol. The highest BCUT2D eigenvalue weighted by Gasteiger charge is 2.26. The molecule has 2 aromatic rings. The summed E-state index contributed by atoms with van der Waals surface area (Å²) in [5.74, 6) is 1.86. The molecule has 1 aliphatic carbocycles. The SMILES string of the molecule is S=c1nc(C2Cc3ccccc3O2)[nH]c2c1CCCCC2. The van der Waals surface area contributed by atoms with Gasteiger partial charge in [-0.05, 0) is 37.3 Å². The van der Waals surface area contributed by atoms with Crippen molar-refractivity contribution in [3.63, 3.8) is 0 Å². The number of aryl methyl sites for hydroxylation is 1. The van der Waals surface area contributed by atoms with Gasteiger partial charge in [0.1, 0.15) is 16.2 Å². The van der Waals surface area contributed by atoms with Crippen molar-refractivity contribution in [1.82, 2.24) is 9.97 Å². The molecule has 0 saturated heterocycles. The van der Waals surface area contributed by atoms with Gasteiger partial charge in [0.2, 0.25) is 0 Å². The molecule has 0 spiro atoms. The van der Waals surface area contributed by atoms with E-state index in [0.717, 1.165) is 35.5 Å². The van der Waals surface area contributed by atoms with Crippen molar-refractivity contribution in [3.8, 4) is 5.75 Å². The van der Waals surface area contributed by atoms with Crippen molar-refractivity contribution in [3.05, 3.63) is 51.6 Å². The second kappa shape index (κ2) is 5.26. The van der Waals surface area contributed by atoms with Crippen molar-refractivity contribution < 1.29 is 4.74 Å².